The lowest BCUT2D eigenvalue weighted by Crippen LogP contribution is -2.37. The summed E-state index contributed by atoms with van der Waals surface area (Å²) in [6.07, 6.45) is 49.8. The summed E-state index contributed by atoms with van der Waals surface area (Å²) in [6, 6.07) is 0. The number of hydrogen-bond donors (Lipinski definition) is 0. The van der Waals surface area contributed by atoms with Gasteiger partial charge in [-0.2, -0.15) is 0 Å². The topological polar surface area (TPSA) is 94.1 Å². The van der Waals surface area contributed by atoms with E-state index in [1.54, 1.807) is 0 Å². The van der Waals surface area contributed by atoms with E-state index in [-0.39, 0.29) is 25.8 Å². The average Bonchev–Trinajstić information content (AvgIpc) is 3.16. The van der Waals surface area contributed by atoms with Gasteiger partial charge in [0.15, 0.2) is 0 Å². The normalized spacial score (nSPS) is 14.1. The predicted molar refractivity (Wildman–Crippen MR) is 240 cm³/mol. The number of rotatable bonds is 43. The number of carbonyl (C=O) groups excluding carboxylic acids is 1. The summed E-state index contributed by atoms with van der Waals surface area (Å²) in [6.45, 7) is 5.36. The lowest BCUT2D eigenvalue weighted by molar-refractivity contribution is -0.870. The molecule has 0 fully saturated rings. The van der Waals surface area contributed by atoms with Crippen molar-refractivity contribution in [2.45, 2.75) is 200 Å². The summed E-state index contributed by atoms with van der Waals surface area (Å²) in [5.41, 5.74) is 0. The number of hydrogen-bond acceptors (Lipinski definition) is 7. The van der Waals surface area contributed by atoms with Crippen molar-refractivity contribution in [3.8, 4) is 0 Å². The van der Waals surface area contributed by atoms with Crippen molar-refractivity contribution < 1.29 is 37.3 Å². The molecule has 0 heterocycles. The van der Waals surface area contributed by atoms with Gasteiger partial charge in [-0.3, -0.25) is 9.36 Å². The molecule has 0 aliphatic carbocycles. The van der Waals surface area contributed by atoms with Crippen LogP contribution in [-0.4, -0.2) is 70.7 Å². The van der Waals surface area contributed by atoms with Crippen LogP contribution in [0.1, 0.15) is 194 Å². The second-order valence-corrected chi connectivity index (χ2v) is 18.2. The van der Waals surface area contributed by atoms with Gasteiger partial charge in [0.1, 0.15) is 19.3 Å². The van der Waals surface area contributed by atoms with Gasteiger partial charge in [-0.1, -0.05) is 159 Å². The van der Waals surface area contributed by atoms with E-state index >= 15 is 0 Å². The zero-order valence-electron chi connectivity index (χ0n) is 37.8. The Morgan fingerprint density at radius 2 is 0.965 bits per heavy atom. The van der Waals surface area contributed by atoms with E-state index in [9.17, 15) is 14.3 Å². The van der Waals surface area contributed by atoms with Crippen LogP contribution in [0.25, 0.3) is 0 Å². The van der Waals surface area contributed by atoms with Crippen LogP contribution in [0.15, 0.2) is 48.6 Å². The fourth-order valence-electron chi connectivity index (χ4n) is 6.19. The van der Waals surface area contributed by atoms with E-state index in [0.29, 0.717) is 24.1 Å². The first-order valence-electron chi connectivity index (χ1n) is 23.4. The Morgan fingerprint density at radius 3 is 1.47 bits per heavy atom. The van der Waals surface area contributed by atoms with E-state index in [4.69, 9.17) is 18.5 Å². The minimum absolute atomic E-state index is 0.0208. The minimum atomic E-state index is -4.53. The maximum atomic E-state index is 12.7. The molecular formula is C48H90NO7P. The highest BCUT2D eigenvalue weighted by Gasteiger charge is 2.20. The maximum Gasteiger partial charge on any atom is 0.306 e. The number of ether oxygens (including phenoxy) is 2. The van der Waals surface area contributed by atoms with E-state index in [2.05, 4.69) is 62.5 Å². The molecule has 0 saturated carbocycles. The smallest absolute Gasteiger partial charge is 0.306 e. The third-order valence-corrected chi connectivity index (χ3v) is 10.8. The van der Waals surface area contributed by atoms with E-state index in [1.807, 2.05) is 21.1 Å². The third-order valence-electron chi connectivity index (χ3n) is 9.85. The number of phosphoric ester groups is 1. The number of allylic oxidation sites excluding steroid dienone is 8. The molecule has 0 aliphatic rings. The van der Waals surface area contributed by atoms with Gasteiger partial charge in [0, 0.05) is 13.0 Å². The van der Waals surface area contributed by atoms with E-state index < -0.39 is 13.9 Å². The second-order valence-electron chi connectivity index (χ2n) is 16.8. The van der Waals surface area contributed by atoms with Gasteiger partial charge in [-0.05, 0) is 77.0 Å². The van der Waals surface area contributed by atoms with Crippen LogP contribution in [0.4, 0.5) is 0 Å². The molecule has 57 heavy (non-hydrogen) atoms. The highest BCUT2D eigenvalue weighted by Crippen LogP contribution is 2.38. The average molecular weight is 824 g/mol. The molecule has 0 aromatic carbocycles. The molecule has 0 amide bonds. The first kappa shape index (κ1) is 55.5. The van der Waals surface area contributed by atoms with Crippen molar-refractivity contribution in [1.82, 2.24) is 0 Å². The number of esters is 1. The molecular weight excluding hydrogens is 734 g/mol. The zero-order chi connectivity index (χ0) is 42.0. The summed E-state index contributed by atoms with van der Waals surface area (Å²) in [7, 11) is 1.34. The van der Waals surface area contributed by atoms with Gasteiger partial charge in [-0.25, -0.2) is 0 Å². The Bertz CT molecular complexity index is 1050. The van der Waals surface area contributed by atoms with Gasteiger partial charge in [0.05, 0.1) is 34.4 Å². The molecule has 0 saturated heterocycles. The van der Waals surface area contributed by atoms with Gasteiger partial charge >= 0.3 is 5.97 Å². The molecule has 8 nitrogen and oxygen atoms in total. The summed E-state index contributed by atoms with van der Waals surface area (Å²) < 4.78 is 34.6. The van der Waals surface area contributed by atoms with Crippen LogP contribution in [0, 0.1) is 0 Å². The van der Waals surface area contributed by atoms with Gasteiger partial charge in [-0.15, -0.1) is 0 Å². The Balaban J connectivity index is 4.23. The molecule has 334 valence electrons. The number of carbonyl (C=O) groups is 1. The Hall–Kier alpha value is -1.54. The van der Waals surface area contributed by atoms with Crippen LogP contribution in [-0.2, 0) is 27.9 Å². The molecule has 9 heteroatoms. The lowest BCUT2D eigenvalue weighted by Gasteiger charge is -2.28. The summed E-state index contributed by atoms with van der Waals surface area (Å²) in [5.74, 6) is -0.349. The number of quaternary nitrogens is 1. The second kappa shape index (κ2) is 41.2. The van der Waals surface area contributed by atoms with Crippen LogP contribution in [0.5, 0.6) is 0 Å². The monoisotopic (exact) mass is 824 g/mol. The van der Waals surface area contributed by atoms with Crippen molar-refractivity contribution in [2.75, 3.05) is 54.1 Å². The van der Waals surface area contributed by atoms with Crippen LogP contribution in [0.3, 0.4) is 0 Å². The molecule has 0 spiro atoms. The van der Waals surface area contributed by atoms with E-state index in [0.717, 1.165) is 57.8 Å². The highest BCUT2D eigenvalue weighted by atomic mass is 31.2. The summed E-state index contributed by atoms with van der Waals surface area (Å²) in [5, 5.41) is 0. The van der Waals surface area contributed by atoms with Gasteiger partial charge < -0.3 is 27.9 Å². The Morgan fingerprint density at radius 1 is 0.544 bits per heavy atom. The van der Waals surface area contributed by atoms with Gasteiger partial charge in [0.25, 0.3) is 7.82 Å². The van der Waals surface area contributed by atoms with Crippen molar-refractivity contribution in [2.24, 2.45) is 0 Å². The van der Waals surface area contributed by atoms with Crippen LogP contribution < -0.4 is 4.89 Å². The van der Waals surface area contributed by atoms with Gasteiger partial charge in [0.2, 0.25) is 0 Å². The number of nitrogens with zero attached hydrogens (tertiary/aromatic N) is 1. The van der Waals surface area contributed by atoms with Crippen molar-refractivity contribution >= 4 is 13.8 Å². The first-order chi connectivity index (χ1) is 27.6. The lowest BCUT2D eigenvalue weighted by atomic mass is 10.1. The Kier molecular flexibility index (Phi) is 40.1. The largest absolute Gasteiger partial charge is 0.756 e. The van der Waals surface area contributed by atoms with Crippen molar-refractivity contribution in [3.63, 3.8) is 0 Å². The molecule has 0 aromatic heterocycles. The summed E-state index contributed by atoms with van der Waals surface area (Å²) in [4.78, 5) is 25.1. The highest BCUT2D eigenvalue weighted by molar-refractivity contribution is 7.45. The molecule has 0 aromatic rings. The third kappa shape index (κ3) is 45.4. The van der Waals surface area contributed by atoms with Crippen molar-refractivity contribution in [1.29, 1.82) is 0 Å². The minimum Gasteiger partial charge on any atom is -0.756 e. The fraction of sp³-hybridized carbons (Fsp3) is 0.812. The zero-order valence-corrected chi connectivity index (χ0v) is 38.7. The summed E-state index contributed by atoms with van der Waals surface area (Å²) >= 11 is 0. The first-order valence-corrected chi connectivity index (χ1v) is 24.8. The molecule has 2 unspecified atom stereocenters. The molecule has 0 radical (unpaired) electrons. The maximum absolute atomic E-state index is 12.7. The van der Waals surface area contributed by atoms with E-state index in [1.165, 1.54) is 116 Å². The molecule has 0 bridgehead atoms. The van der Waals surface area contributed by atoms with Crippen molar-refractivity contribution in [3.05, 3.63) is 48.6 Å². The quantitative estimate of drug-likeness (QED) is 0.0199. The van der Waals surface area contributed by atoms with Crippen LogP contribution in [0.2, 0.25) is 0 Å². The number of phosphoric acid groups is 1. The SMILES string of the molecule is CCCCCC/C=C\CCCCCCCCOCC(COP(=O)([O-])OCC[N+](C)(C)C)OC(=O)CCCCCCCC/C=C\C/C=C\C/C=C\CCCCCCC. The number of likely N-dealkylation sites (N-methyl/N-ethyl adjacent to an activating group) is 1. The Labute approximate surface area is 352 Å². The molecule has 0 aliphatic heterocycles. The fourth-order valence-corrected chi connectivity index (χ4v) is 6.92. The van der Waals surface area contributed by atoms with Crippen LogP contribution >= 0.6 is 7.82 Å². The number of unbranched alkanes of at least 4 members (excludes halogenated alkanes) is 21. The standard InChI is InChI=1S/C48H90NO7P/c1-6-8-10-12-14-16-18-20-22-23-24-25-26-27-28-29-31-33-35-37-39-41-48(50)56-47(46-55-57(51,52)54-44-42-49(3,4)5)45-53-43-40-38-36-34-32-30-21-19-17-15-13-11-9-7-2/h17-20,23-24,26-27,47H,6-16,21-22,25,28-46H2,1-5H3/b19-17-,20-18-,24-23-,27-26-. The molecule has 0 N–H and O–H groups in total. The predicted octanol–water partition coefficient (Wildman–Crippen LogP) is 13.3. The molecule has 0 rings (SSSR count). The molecule has 2 atom stereocenters.